The van der Waals surface area contributed by atoms with Crippen molar-refractivity contribution in [2.75, 3.05) is 16.8 Å². The maximum absolute atomic E-state index is 13.6. The van der Waals surface area contributed by atoms with Gasteiger partial charge in [-0.3, -0.25) is 4.79 Å². The van der Waals surface area contributed by atoms with Crippen LogP contribution in [0.25, 0.3) is 0 Å². The summed E-state index contributed by atoms with van der Waals surface area (Å²) >= 11 is 3.89. The van der Waals surface area contributed by atoms with Gasteiger partial charge in [-0.25, -0.2) is 4.39 Å². The molecule has 0 radical (unpaired) electrons. The minimum absolute atomic E-state index is 0.156. The van der Waals surface area contributed by atoms with Crippen LogP contribution in [0.15, 0.2) is 48.5 Å². The van der Waals surface area contributed by atoms with Gasteiger partial charge < -0.3 is 10.1 Å². The quantitative estimate of drug-likeness (QED) is 0.835. The fourth-order valence-corrected chi connectivity index (χ4v) is 5.17. The first-order chi connectivity index (χ1) is 11.6. The lowest BCUT2D eigenvalue weighted by Gasteiger charge is -2.16. The highest BCUT2D eigenvalue weighted by atomic mass is 32.2. The van der Waals surface area contributed by atoms with Gasteiger partial charge in [-0.1, -0.05) is 24.3 Å². The molecule has 1 saturated heterocycles. The van der Waals surface area contributed by atoms with Crippen LogP contribution in [-0.2, 0) is 4.79 Å². The third kappa shape index (κ3) is 4.24. The van der Waals surface area contributed by atoms with Crippen LogP contribution in [0.3, 0.4) is 0 Å². The van der Waals surface area contributed by atoms with E-state index in [0.717, 1.165) is 0 Å². The molecule has 1 fully saturated rings. The number of anilines is 1. The minimum atomic E-state index is -0.717. The first-order valence-electron chi connectivity index (χ1n) is 7.69. The molecule has 6 heteroatoms. The summed E-state index contributed by atoms with van der Waals surface area (Å²) in [5.74, 6) is 2.14. The van der Waals surface area contributed by atoms with Crippen molar-refractivity contribution in [2.24, 2.45) is 0 Å². The molecule has 1 N–H and O–H groups in total. The lowest BCUT2D eigenvalue weighted by atomic mass is 10.2. The van der Waals surface area contributed by atoms with Crippen LogP contribution < -0.4 is 10.1 Å². The third-order valence-corrected chi connectivity index (χ3v) is 6.69. The Balaban J connectivity index is 1.58. The second-order valence-corrected chi connectivity index (χ2v) is 8.10. The number of amides is 1. The predicted octanol–water partition coefficient (Wildman–Crippen LogP) is 4.71. The highest BCUT2D eigenvalue weighted by molar-refractivity contribution is 8.19. The summed E-state index contributed by atoms with van der Waals surface area (Å²) in [5.41, 5.74) is 1.42. The summed E-state index contributed by atoms with van der Waals surface area (Å²) in [6.07, 6.45) is -0.717. The molecule has 2 aromatic carbocycles. The van der Waals surface area contributed by atoms with E-state index in [0.29, 0.717) is 10.3 Å². The third-order valence-electron chi connectivity index (χ3n) is 3.59. The van der Waals surface area contributed by atoms with E-state index in [1.165, 1.54) is 29.2 Å². The first kappa shape index (κ1) is 17.2. The lowest BCUT2D eigenvalue weighted by Crippen LogP contribution is -2.30. The summed E-state index contributed by atoms with van der Waals surface area (Å²) in [5, 5.41) is 2.54. The second-order valence-electron chi connectivity index (χ2n) is 5.37. The van der Waals surface area contributed by atoms with Gasteiger partial charge in [0.15, 0.2) is 6.10 Å². The van der Waals surface area contributed by atoms with Crippen molar-refractivity contribution in [1.82, 2.24) is 0 Å². The van der Waals surface area contributed by atoms with Gasteiger partial charge in [0.25, 0.3) is 5.91 Å². The van der Waals surface area contributed by atoms with Gasteiger partial charge in [0.05, 0.1) is 10.3 Å². The number of ether oxygens (including phenoxy) is 1. The van der Waals surface area contributed by atoms with Crippen molar-refractivity contribution >= 4 is 35.1 Å². The van der Waals surface area contributed by atoms with Crippen LogP contribution in [0.1, 0.15) is 17.1 Å². The van der Waals surface area contributed by atoms with E-state index in [1.807, 2.05) is 47.8 Å². The van der Waals surface area contributed by atoms with Crippen LogP contribution >= 0.6 is 23.5 Å². The number of benzene rings is 2. The van der Waals surface area contributed by atoms with Gasteiger partial charge in [0.1, 0.15) is 11.6 Å². The van der Waals surface area contributed by atoms with E-state index < -0.39 is 11.9 Å². The number of hydrogen-bond donors (Lipinski definition) is 1. The van der Waals surface area contributed by atoms with Gasteiger partial charge in [-0.15, -0.1) is 23.5 Å². The van der Waals surface area contributed by atoms with Crippen LogP contribution in [0.4, 0.5) is 10.1 Å². The molecule has 0 saturated carbocycles. The molecule has 1 heterocycles. The number of nitrogens with one attached hydrogen (secondary N) is 1. The molecule has 1 amide bonds. The van der Waals surface area contributed by atoms with Crippen LogP contribution in [-0.4, -0.2) is 23.5 Å². The standard InChI is InChI=1S/C18H18FNO2S2/c1-12(17(21)20-16-5-3-2-4-15(16)19)22-14-8-6-13(7-9-14)18-23-10-11-24-18/h2-9,12,18H,10-11H2,1H3,(H,20,21)/t12-/m1/s1. The normalized spacial score (nSPS) is 15.9. The SMILES string of the molecule is C[C@@H](Oc1ccc(C2SCCS2)cc1)C(=O)Nc1ccccc1F. The number of carbonyl (C=O) groups is 1. The van der Waals surface area contributed by atoms with Crippen molar-refractivity contribution < 1.29 is 13.9 Å². The van der Waals surface area contributed by atoms with E-state index in [2.05, 4.69) is 5.32 Å². The van der Waals surface area contributed by atoms with Crippen molar-refractivity contribution in [2.45, 2.75) is 17.6 Å². The smallest absolute Gasteiger partial charge is 0.265 e. The topological polar surface area (TPSA) is 38.3 Å². The highest BCUT2D eigenvalue weighted by Crippen LogP contribution is 2.45. The molecule has 0 spiro atoms. The Morgan fingerprint density at radius 3 is 2.50 bits per heavy atom. The first-order valence-corrected chi connectivity index (χ1v) is 9.78. The number of thioether (sulfide) groups is 2. The Morgan fingerprint density at radius 2 is 1.83 bits per heavy atom. The zero-order chi connectivity index (χ0) is 16.9. The van der Waals surface area contributed by atoms with Gasteiger partial charge >= 0.3 is 0 Å². The Bertz CT molecular complexity index is 702. The van der Waals surface area contributed by atoms with Crippen molar-refractivity contribution in [1.29, 1.82) is 0 Å². The molecule has 1 aliphatic rings. The summed E-state index contributed by atoms with van der Waals surface area (Å²) in [4.78, 5) is 12.1. The molecular formula is C18H18FNO2S2. The van der Waals surface area contributed by atoms with Gasteiger partial charge in [0.2, 0.25) is 0 Å². The molecule has 0 unspecified atom stereocenters. The predicted molar refractivity (Wildman–Crippen MR) is 99.2 cm³/mol. The molecule has 0 aliphatic carbocycles. The van der Waals surface area contributed by atoms with E-state index in [1.54, 1.807) is 19.1 Å². The van der Waals surface area contributed by atoms with E-state index in [9.17, 15) is 9.18 Å². The van der Waals surface area contributed by atoms with Crippen molar-refractivity contribution in [3.05, 3.63) is 59.9 Å². The van der Waals surface area contributed by atoms with Crippen LogP contribution in [0, 0.1) is 5.82 Å². The van der Waals surface area contributed by atoms with E-state index >= 15 is 0 Å². The maximum atomic E-state index is 13.6. The highest BCUT2D eigenvalue weighted by Gasteiger charge is 2.19. The molecule has 3 nitrogen and oxygen atoms in total. The summed E-state index contributed by atoms with van der Waals surface area (Å²) in [6, 6.07) is 13.9. The van der Waals surface area contributed by atoms with Crippen LogP contribution in [0.2, 0.25) is 0 Å². The monoisotopic (exact) mass is 363 g/mol. The Kier molecular flexibility index (Phi) is 5.68. The summed E-state index contributed by atoms with van der Waals surface area (Å²) < 4.78 is 19.7. The van der Waals surface area contributed by atoms with Crippen LogP contribution in [0.5, 0.6) is 5.75 Å². The summed E-state index contributed by atoms with van der Waals surface area (Å²) in [6.45, 7) is 1.65. The molecule has 0 bridgehead atoms. The average molecular weight is 363 g/mol. The number of halogens is 1. The average Bonchev–Trinajstić information content (AvgIpc) is 3.12. The Morgan fingerprint density at radius 1 is 1.17 bits per heavy atom. The van der Waals surface area contributed by atoms with E-state index in [4.69, 9.17) is 4.74 Å². The number of para-hydroxylation sites is 1. The molecule has 126 valence electrons. The number of carbonyl (C=O) groups excluding carboxylic acids is 1. The zero-order valence-electron chi connectivity index (χ0n) is 13.2. The van der Waals surface area contributed by atoms with E-state index in [-0.39, 0.29) is 11.6 Å². The Labute approximate surface area is 149 Å². The largest absolute Gasteiger partial charge is 0.481 e. The molecule has 1 aliphatic heterocycles. The second kappa shape index (κ2) is 7.94. The fourth-order valence-electron chi connectivity index (χ4n) is 2.31. The molecule has 2 aromatic rings. The fraction of sp³-hybridized carbons (Fsp3) is 0.278. The molecular weight excluding hydrogens is 345 g/mol. The van der Waals surface area contributed by atoms with Gasteiger partial charge in [-0.2, -0.15) is 0 Å². The minimum Gasteiger partial charge on any atom is -0.481 e. The van der Waals surface area contributed by atoms with Crippen molar-refractivity contribution in [3.8, 4) is 5.75 Å². The molecule has 1 atom stereocenters. The van der Waals surface area contributed by atoms with Crippen molar-refractivity contribution in [3.63, 3.8) is 0 Å². The molecule has 24 heavy (non-hydrogen) atoms. The maximum Gasteiger partial charge on any atom is 0.265 e. The van der Waals surface area contributed by atoms with Gasteiger partial charge in [0, 0.05) is 11.5 Å². The molecule has 0 aromatic heterocycles. The number of hydrogen-bond acceptors (Lipinski definition) is 4. The summed E-state index contributed by atoms with van der Waals surface area (Å²) in [7, 11) is 0. The zero-order valence-corrected chi connectivity index (χ0v) is 14.8. The number of rotatable bonds is 5. The lowest BCUT2D eigenvalue weighted by molar-refractivity contribution is -0.122. The Hall–Kier alpha value is -1.66. The molecule has 3 rings (SSSR count). The van der Waals surface area contributed by atoms with Gasteiger partial charge in [-0.05, 0) is 36.8 Å².